The summed E-state index contributed by atoms with van der Waals surface area (Å²) >= 11 is 0. The van der Waals surface area contributed by atoms with Gasteiger partial charge in [0.15, 0.2) is 9.84 Å². The summed E-state index contributed by atoms with van der Waals surface area (Å²) in [4.78, 5) is 12.6. The number of aromatic nitrogens is 2. The molecule has 0 atom stereocenters. The molecular formula is C17H23N3O3S. The van der Waals surface area contributed by atoms with Gasteiger partial charge < -0.3 is 5.32 Å². The van der Waals surface area contributed by atoms with Crippen molar-refractivity contribution in [3.8, 4) is 0 Å². The summed E-state index contributed by atoms with van der Waals surface area (Å²) in [6.45, 7) is 9.08. The first-order valence-electron chi connectivity index (χ1n) is 7.84. The van der Waals surface area contributed by atoms with E-state index in [1.807, 2.05) is 20.8 Å². The van der Waals surface area contributed by atoms with Gasteiger partial charge in [-0.2, -0.15) is 5.10 Å². The van der Waals surface area contributed by atoms with Crippen LogP contribution in [0.2, 0.25) is 0 Å². The summed E-state index contributed by atoms with van der Waals surface area (Å²) in [6.07, 6.45) is 0. The third-order valence-electron chi connectivity index (χ3n) is 3.65. The average molecular weight is 349 g/mol. The molecule has 0 radical (unpaired) electrons. The van der Waals surface area contributed by atoms with Crippen LogP contribution in [-0.2, 0) is 9.84 Å². The maximum atomic E-state index is 12.4. The zero-order valence-corrected chi connectivity index (χ0v) is 15.4. The Labute approximate surface area is 142 Å². The quantitative estimate of drug-likeness (QED) is 0.899. The summed E-state index contributed by atoms with van der Waals surface area (Å²) in [7, 11) is -3.34. The molecule has 1 N–H and O–H groups in total. The Balaban J connectivity index is 2.23. The number of aryl methyl sites for hydroxylation is 1. The van der Waals surface area contributed by atoms with Crippen molar-refractivity contribution < 1.29 is 13.2 Å². The number of nitrogens with zero attached hydrogens (tertiary/aromatic N) is 2. The number of carbonyl (C=O) groups excluding carboxylic acids is 1. The van der Waals surface area contributed by atoms with Crippen LogP contribution in [0.4, 0.5) is 5.82 Å². The molecule has 2 aromatic rings. The number of benzene rings is 1. The molecule has 0 saturated carbocycles. The highest BCUT2D eigenvalue weighted by molar-refractivity contribution is 7.92. The van der Waals surface area contributed by atoms with Crippen molar-refractivity contribution >= 4 is 21.6 Å². The minimum atomic E-state index is -3.34. The number of anilines is 1. The van der Waals surface area contributed by atoms with Gasteiger partial charge in [0.25, 0.3) is 5.91 Å². The molecule has 1 aromatic carbocycles. The van der Waals surface area contributed by atoms with Gasteiger partial charge in [-0.1, -0.05) is 0 Å². The highest BCUT2D eigenvalue weighted by Gasteiger charge is 2.19. The standard InChI is InChI=1S/C17H23N3O3S/c1-11(2)20-16(10-13(5)19-20)18-17(21)14-6-8-15(9-7-14)24(22,23)12(3)4/h6-12H,1-5H3,(H,18,21). The summed E-state index contributed by atoms with van der Waals surface area (Å²) in [5, 5.41) is 6.67. The first-order chi connectivity index (χ1) is 11.1. The molecule has 24 heavy (non-hydrogen) atoms. The monoisotopic (exact) mass is 349 g/mol. The second kappa shape index (κ2) is 6.76. The van der Waals surface area contributed by atoms with Crippen molar-refractivity contribution in [1.29, 1.82) is 0 Å². The van der Waals surface area contributed by atoms with Crippen LogP contribution in [0.25, 0.3) is 0 Å². The maximum absolute atomic E-state index is 12.4. The lowest BCUT2D eigenvalue weighted by molar-refractivity contribution is 0.102. The number of carbonyl (C=O) groups is 1. The van der Waals surface area contributed by atoms with Crippen LogP contribution >= 0.6 is 0 Å². The fourth-order valence-electron chi connectivity index (χ4n) is 2.26. The number of sulfone groups is 1. The van der Waals surface area contributed by atoms with Gasteiger partial charge >= 0.3 is 0 Å². The lowest BCUT2D eigenvalue weighted by atomic mass is 10.2. The molecule has 0 aliphatic rings. The Kier molecular flexibility index (Phi) is 5.13. The van der Waals surface area contributed by atoms with Gasteiger partial charge in [0.05, 0.1) is 15.8 Å². The molecule has 1 amide bonds. The largest absolute Gasteiger partial charge is 0.307 e. The SMILES string of the molecule is Cc1cc(NC(=O)c2ccc(S(=O)(=O)C(C)C)cc2)n(C(C)C)n1. The molecule has 1 heterocycles. The van der Waals surface area contributed by atoms with Crippen molar-refractivity contribution in [2.45, 2.75) is 50.8 Å². The van der Waals surface area contributed by atoms with E-state index in [2.05, 4.69) is 10.4 Å². The van der Waals surface area contributed by atoms with Crippen molar-refractivity contribution in [2.75, 3.05) is 5.32 Å². The number of hydrogen-bond acceptors (Lipinski definition) is 4. The maximum Gasteiger partial charge on any atom is 0.256 e. The topological polar surface area (TPSA) is 81.1 Å². The lowest BCUT2D eigenvalue weighted by Crippen LogP contribution is -2.17. The Hall–Kier alpha value is -2.15. The Morgan fingerprint density at radius 2 is 1.71 bits per heavy atom. The van der Waals surface area contributed by atoms with Gasteiger partial charge in [-0.05, 0) is 58.9 Å². The van der Waals surface area contributed by atoms with Crippen LogP contribution in [0.3, 0.4) is 0 Å². The third kappa shape index (κ3) is 3.67. The van der Waals surface area contributed by atoms with Gasteiger partial charge in [-0.15, -0.1) is 0 Å². The van der Waals surface area contributed by atoms with E-state index < -0.39 is 15.1 Å². The lowest BCUT2D eigenvalue weighted by Gasteiger charge is -2.12. The fraction of sp³-hybridized carbons (Fsp3) is 0.412. The third-order valence-corrected chi connectivity index (χ3v) is 5.82. The molecule has 0 aliphatic carbocycles. The fourth-order valence-corrected chi connectivity index (χ4v) is 3.32. The van der Waals surface area contributed by atoms with Crippen LogP contribution in [0.1, 0.15) is 49.8 Å². The Morgan fingerprint density at radius 3 is 2.21 bits per heavy atom. The van der Waals surface area contributed by atoms with Crippen LogP contribution < -0.4 is 5.32 Å². The van der Waals surface area contributed by atoms with E-state index in [4.69, 9.17) is 0 Å². The molecule has 0 aliphatic heterocycles. The molecule has 0 spiro atoms. The molecular weight excluding hydrogens is 326 g/mol. The van der Waals surface area contributed by atoms with Gasteiger partial charge in [-0.25, -0.2) is 13.1 Å². The summed E-state index contributed by atoms with van der Waals surface area (Å²) in [6, 6.07) is 7.90. The summed E-state index contributed by atoms with van der Waals surface area (Å²) in [5.41, 5.74) is 1.21. The minimum absolute atomic E-state index is 0.118. The molecule has 130 valence electrons. The van der Waals surface area contributed by atoms with E-state index in [9.17, 15) is 13.2 Å². The molecule has 7 heteroatoms. The normalized spacial score (nSPS) is 12.0. The number of nitrogens with one attached hydrogen (secondary N) is 1. The molecule has 6 nitrogen and oxygen atoms in total. The highest BCUT2D eigenvalue weighted by atomic mass is 32.2. The number of amides is 1. The van der Waals surface area contributed by atoms with E-state index in [1.54, 1.807) is 24.6 Å². The van der Waals surface area contributed by atoms with Crippen LogP contribution in [0.15, 0.2) is 35.2 Å². The molecule has 0 bridgehead atoms. The first-order valence-corrected chi connectivity index (χ1v) is 9.39. The molecule has 0 saturated heterocycles. The Bertz CT molecular complexity index is 834. The van der Waals surface area contributed by atoms with Gasteiger partial charge in [-0.3, -0.25) is 4.79 Å². The second-order valence-electron chi connectivity index (χ2n) is 6.28. The number of rotatable bonds is 5. The minimum Gasteiger partial charge on any atom is -0.307 e. The molecule has 0 fully saturated rings. The second-order valence-corrected chi connectivity index (χ2v) is 8.79. The summed E-state index contributed by atoms with van der Waals surface area (Å²) in [5.74, 6) is 0.316. The van der Waals surface area contributed by atoms with Crippen molar-refractivity contribution in [3.05, 3.63) is 41.6 Å². The van der Waals surface area contributed by atoms with E-state index in [0.717, 1.165) is 5.69 Å². The van der Waals surface area contributed by atoms with E-state index in [0.29, 0.717) is 11.4 Å². The molecule has 1 aromatic heterocycles. The Morgan fingerprint density at radius 1 is 1.12 bits per heavy atom. The number of hydrogen-bond donors (Lipinski definition) is 1. The van der Waals surface area contributed by atoms with Crippen molar-refractivity contribution in [3.63, 3.8) is 0 Å². The van der Waals surface area contributed by atoms with Crippen LogP contribution in [0.5, 0.6) is 0 Å². The predicted molar refractivity (Wildman–Crippen MR) is 94.1 cm³/mol. The molecule has 2 rings (SSSR count). The van der Waals surface area contributed by atoms with Gasteiger partial charge in [0, 0.05) is 17.7 Å². The van der Waals surface area contributed by atoms with Crippen molar-refractivity contribution in [2.24, 2.45) is 0 Å². The van der Waals surface area contributed by atoms with E-state index >= 15 is 0 Å². The van der Waals surface area contributed by atoms with Crippen LogP contribution in [-0.4, -0.2) is 29.4 Å². The van der Waals surface area contributed by atoms with Gasteiger partial charge in [0.2, 0.25) is 0 Å². The van der Waals surface area contributed by atoms with E-state index in [-0.39, 0.29) is 16.8 Å². The average Bonchev–Trinajstić information content (AvgIpc) is 2.88. The van der Waals surface area contributed by atoms with E-state index in [1.165, 1.54) is 24.3 Å². The van der Waals surface area contributed by atoms with Gasteiger partial charge in [0.1, 0.15) is 5.82 Å². The predicted octanol–water partition coefficient (Wildman–Crippen LogP) is 3.21. The summed E-state index contributed by atoms with van der Waals surface area (Å²) < 4.78 is 26.0. The smallest absolute Gasteiger partial charge is 0.256 e. The highest BCUT2D eigenvalue weighted by Crippen LogP contribution is 2.19. The zero-order chi connectivity index (χ0) is 18.1. The zero-order valence-electron chi connectivity index (χ0n) is 14.6. The van der Waals surface area contributed by atoms with Crippen LogP contribution in [0, 0.1) is 6.92 Å². The molecule has 0 unspecified atom stereocenters. The first kappa shape index (κ1) is 18.2. The van der Waals surface area contributed by atoms with Crippen molar-refractivity contribution in [1.82, 2.24) is 9.78 Å².